The van der Waals surface area contributed by atoms with Crippen LogP contribution in [0.2, 0.25) is 0 Å². The number of benzene rings is 1. The van der Waals surface area contributed by atoms with Crippen LogP contribution in [0.1, 0.15) is 5.56 Å². The van der Waals surface area contributed by atoms with Crippen molar-refractivity contribution in [3.63, 3.8) is 0 Å². The Balaban J connectivity index is 2.59. The first kappa shape index (κ1) is 13.4. The fourth-order valence-electron chi connectivity index (χ4n) is 1.24. The molecule has 0 aliphatic heterocycles. The second kappa shape index (κ2) is 6.85. The molecule has 0 heterocycles. The number of amides is 1. The van der Waals surface area contributed by atoms with E-state index in [4.69, 9.17) is 0 Å². The molecule has 7 heteroatoms. The minimum Gasteiger partial charge on any atom is -0.417 e. The number of carbonyl (C=O) groups is 1. The van der Waals surface area contributed by atoms with Gasteiger partial charge in [0, 0.05) is 6.54 Å². The molecule has 0 aliphatic rings. The van der Waals surface area contributed by atoms with Crippen LogP contribution in [-0.4, -0.2) is 32.2 Å². The van der Waals surface area contributed by atoms with Gasteiger partial charge in [-0.25, -0.2) is 21.9 Å². The fourth-order valence-corrected chi connectivity index (χ4v) is 1.69. The van der Waals surface area contributed by atoms with E-state index >= 15 is 0 Å². The third-order valence-corrected chi connectivity index (χ3v) is 2.80. The minimum atomic E-state index is -3.12. The van der Waals surface area contributed by atoms with Gasteiger partial charge >= 0.3 is 6.09 Å². The summed E-state index contributed by atoms with van der Waals surface area (Å²) in [4.78, 5) is 11.1. The van der Waals surface area contributed by atoms with E-state index in [1.165, 1.54) is 0 Å². The first-order valence-electron chi connectivity index (χ1n) is 4.83. The molecule has 1 rings (SSSR count). The maximum Gasteiger partial charge on any atom is 0.425 e. The standard InChI is InChI=1S/C10H12FNO4S/c11-8-16-10(13)12(17(14)15)7-6-9-4-2-1-3-5-9/h1-5,17H,6-8H2. The summed E-state index contributed by atoms with van der Waals surface area (Å²) in [6, 6.07) is 9.04. The van der Waals surface area contributed by atoms with Gasteiger partial charge in [0.05, 0.1) is 0 Å². The molecule has 0 aromatic heterocycles. The van der Waals surface area contributed by atoms with E-state index in [9.17, 15) is 17.6 Å². The Morgan fingerprint density at radius 1 is 1.29 bits per heavy atom. The van der Waals surface area contributed by atoms with Gasteiger partial charge in [-0.2, -0.15) is 0 Å². The summed E-state index contributed by atoms with van der Waals surface area (Å²) in [5.74, 6) is 0. The van der Waals surface area contributed by atoms with Gasteiger partial charge in [0.25, 0.3) is 0 Å². The molecular weight excluding hydrogens is 249 g/mol. The lowest BCUT2D eigenvalue weighted by Gasteiger charge is -2.13. The molecular formula is C10H12FNO4S. The van der Waals surface area contributed by atoms with E-state index in [-0.39, 0.29) is 6.54 Å². The smallest absolute Gasteiger partial charge is 0.417 e. The first-order chi connectivity index (χ1) is 8.15. The average Bonchev–Trinajstić information content (AvgIpc) is 2.30. The van der Waals surface area contributed by atoms with Crippen LogP contribution < -0.4 is 0 Å². The summed E-state index contributed by atoms with van der Waals surface area (Å²) in [6.07, 6.45) is -0.842. The summed E-state index contributed by atoms with van der Waals surface area (Å²) in [5.41, 5.74) is 0.877. The van der Waals surface area contributed by atoms with Crippen LogP contribution in [0, 0.1) is 0 Å². The molecule has 0 spiro atoms. The van der Waals surface area contributed by atoms with Crippen molar-refractivity contribution in [1.82, 2.24) is 4.31 Å². The Kier molecular flexibility index (Phi) is 5.41. The Labute approximate surface area is 99.9 Å². The second-order valence-electron chi connectivity index (χ2n) is 3.12. The molecule has 0 atom stereocenters. The zero-order chi connectivity index (χ0) is 12.7. The van der Waals surface area contributed by atoms with Crippen LogP contribution >= 0.6 is 0 Å². The molecule has 94 valence electrons. The molecule has 0 saturated carbocycles. The third kappa shape index (κ3) is 4.39. The third-order valence-electron chi connectivity index (χ3n) is 2.04. The summed E-state index contributed by atoms with van der Waals surface area (Å²) < 4.78 is 37.8. The highest BCUT2D eigenvalue weighted by Crippen LogP contribution is 2.03. The molecule has 0 unspecified atom stereocenters. The van der Waals surface area contributed by atoms with Gasteiger partial charge in [-0.05, 0) is 12.0 Å². The number of rotatable bonds is 5. The van der Waals surface area contributed by atoms with Crippen LogP contribution in [0.4, 0.5) is 9.18 Å². The van der Waals surface area contributed by atoms with Crippen LogP contribution in [0.15, 0.2) is 30.3 Å². The number of halogens is 1. The molecule has 17 heavy (non-hydrogen) atoms. The molecule has 0 bridgehead atoms. The van der Waals surface area contributed by atoms with E-state index in [2.05, 4.69) is 4.74 Å². The highest BCUT2D eigenvalue weighted by molar-refractivity contribution is 7.70. The Morgan fingerprint density at radius 2 is 1.94 bits per heavy atom. The van der Waals surface area contributed by atoms with Gasteiger partial charge < -0.3 is 4.74 Å². The van der Waals surface area contributed by atoms with Crippen molar-refractivity contribution < 1.29 is 22.3 Å². The van der Waals surface area contributed by atoms with Gasteiger partial charge in [-0.15, -0.1) is 0 Å². The maximum atomic E-state index is 11.8. The quantitative estimate of drug-likeness (QED) is 0.807. The van der Waals surface area contributed by atoms with Crippen LogP contribution in [0.3, 0.4) is 0 Å². The van der Waals surface area contributed by atoms with Crippen molar-refractivity contribution in [2.45, 2.75) is 6.42 Å². The van der Waals surface area contributed by atoms with Crippen molar-refractivity contribution >= 4 is 17.0 Å². The van der Waals surface area contributed by atoms with Gasteiger partial charge in [-0.3, -0.25) is 0 Å². The molecule has 0 fully saturated rings. The van der Waals surface area contributed by atoms with Crippen LogP contribution in [-0.2, 0) is 22.0 Å². The van der Waals surface area contributed by atoms with Crippen molar-refractivity contribution in [3.05, 3.63) is 35.9 Å². The van der Waals surface area contributed by atoms with E-state index in [0.29, 0.717) is 10.7 Å². The lowest BCUT2D eigenvalue weighted by atomic mass is 10.1. The molecule has 0 radical (unpaired) electrons. The topological polar surface area (TPSA) is 63.7 Å². The molecule has 0 saturated heterocycles. The van der Waals surface area contributed by atoms with Crippen molar-refractivity contribution in [1.29, 1.82) is 0 Å². The number of thiol groups is 1. The van der Waals surface area contributed by atoms with Gasteiger partial charge in [-0.1, -0.05) is 30.3 Å². The second-order valence-corrected chi connectivity index (χ2v) is 4.07. The van der Waals surface area contributed by atoms with Gasteiger partial charge in [0.1, 0.15) is 0 Å². The Hall–Kier alpha value is -1.63. The summed E-state index contributed by atoms with van der Waals surface area (Å²) in [5, 5.41) is 0. The van der Waals surface area contributed by atoms with Crippen LogP contribution in [0.5, 0.6) is 0 Å². The SMILES string of the molecule is O=C(OCF)N(CCc1ccccc1)[SH](=O)=O. The lowest BCUT2D eigenvalue weighted by Crippen LogP contribution is -2.32. The number of hydrogen-bond donors (Lipinski definition) is 1. The summed E-state index contributed by atoms with van der Waals surface area (Å²) >= 11 is 0. The van der Waals surface area contributed by atoms with E-state index in [1.54, 1.807) is 24.3 Å². The fraction of sp³-hybridized carbons (Fsp3) is 0.300. The van der Waals surface area contributed by atoms with Crippen molar-refractivity contribution in [3.8, 4) is 0 Å². The largest absolute Gasteiger partial charge is 0.425 e. The zero-order valence-corrected chi connectivity index (χ0v) is 9.81. The minimum absolute atomic E-state index is 0.0679. The van der Waals surface area contributed by atoms with E-state index in [1.807, 2.05) is 6.07 Å². The number of carbonyl (C=O) groups excluding carboxylic acids is 1. The van der Waals surface area contributed by atoms with E-state index in [0.717, 1.165) is 5.56 Å². The highest BCUT2D eigenvalue weighted by Gasteiger charge is 2.16. The van der Waals surface area contributed by atoms with E-state index < -0.39 is 23.8 Å². The normalized spacial score (nSPS) is 10.2. The monoisotopic (exact) mass is 261 g/mol. The number of hydrogen-bond acceptors (Lipinski definition) is 4. The predicted octanol–water partition coefficient (Wildman–Crippen LogP) is 1.12. The first-order valence-corrected chi connectivity index (χ1v) is 5.96. The zero-order valence-electron chi connectivity index (χ0n) is 8.91. The summed E-state index contributed by atoms with van der Waals surface area (Å²) in [7, 11) is -3.12. The van der Waals surface area contributed by atoms with Crippen LogP contribution in [0.25, 0.3) is 0 Å². The molecule has 1 aromatic rings. The van der Waals surface area contributed by atoms with Crippen molar-refractivity contribution in [2.75, 3.05) is 13.4 Å². The highest BCUT2D eigenvalue weighted by atomic mass is 32.2. The Bertz CT molecular complexity index is 427. The number of ether oxygens (including phenoxy) is 1. The number of alkyl halides is 1. The average molecular weight is 261 g/mol. The predicted molar refractivity (Wildman–Crippen MR) is 59.6 cm³/mol. The lowest BCUT2D eigenvalue weighted by molar-refractivity contribution is 0.0831. The summed E-state index contributed by atoms with van der Waals surface area (Å²) in [6.45, 7) is -1.41. The van der Waals surface area contributed by atoms with Gasteiger partial charge in [0.2, 0.25) is 17.8 Å². The van der Waals surface area contributed by atoms with Crippen molar-refractivity contribution in [2.24, 2.45) is 0 Å². The molecule has 1 amide bonds. The van der Waals surface area contributed by atoms with Gasteiger partial charge in [0.15, 0.2) is 0 Å². The molecule has 1 aromatic carbocycles. The molecule has 5 nitrogen and oxygen atoms in total. The molecule has 0 aliphatic carbocycles. The number of nitrogens with zero attached hydrogens (tertiary/aromatic N) is 1. The maximum absolute atomic E-state index is 11.8. The molecule has 0 N–H and O–H groups in total. The Morgan fingerprint density at radius 3 is 2.47 bits per heavy atom.